The smallest absolute Gasteiger partial charge is 0.150 e. The average molecular weight is 261 g/mol. The van der Waals surface area contributed by atoms with E-state index in [2.05, 4.69) is 11.9 Å². The minimum atomic E-state index is -0.303. The molecular formula is C15H20FN3. The molecule has 0 saturated heterocycles. The highest BCUT2D eigenvalue weighted by molar-refractivity contribution is 5.98. The van der Waals surface area contributed by atoms with Crippen LogP contribution in [-0.2, 0) is 0 Å². The van der Waals surface area contributed by atoms with Crippen molar-refractivity contribution in [1.82, 2.24) is 4.98 Å². The van der Waals surface area contributed by atoms with E-state index in [9.17, 15) is 4.39 Å². The van der Waals surface area contributed by atoms with Gasteiger partial charge in [-0.2, -0.15) is 0 Å². The van der Waals surface area contributed by atoms with E-state index in [1.807, 2.05) is 24.1 Å². The summed E-state index contributed by atoms with van der Waals surface area (Å²) in [5.41, 5.74) is 7.47. The third-order valence-electron chi connectivity index (χ3n) is 3.33. The zero-order valence-corrected chi connectivity index (χ0v) is 11.5. The number of benzene rings is 1. The summed E-state index contributed by atoms with van der Waals surface area (Å²) in [7, 11) is 1.90. The maximum Gasteiger partial charge on any atom is 0.150 e. The Kier molecular flexibility index (Phi) is 4.20. The fourth-order valence-corrected chi connectivity index (χ4v) is 2.30. The summed E-state index contributed by atoms with van der Waals surface area (Å²) in [6, 6.07) is 5.08. The number of hydrogen-bond acceptors (Lipinski definition) is 3. The van der Waals surface area contributed by atoms with Gasteiger partial charge in [-0.3, -0.25) is 4.98 Å². The molecule has 102 valence electrons. The quantitative estimate of drug-likeness (QED) is 0.660. The maximum atomic E-state index is 14.2. The second-order valence-corrected chi connectivity index (χ2v) is 4.82. The van der Waals surface area contributed by atoms with Gasteiger partial charge in [0.1, 0.15) is 0 Å². The van der Waals surface area contributed by atoms with Gasteiger partial charge in [-0.25, -0.2) is 4.39 Å². The van der Waals surface area contributed by atoms with Crippen LogP contribution < -0.4 is 10.6 Å². The van der Waals surface area contributed by atoms with Crippen LogP contribution >= 0.6 is 0 Å². The molecule has 3 nitrogen and oxygen atoms in total. The van der Waals surface area contributed by atoms with Gasteiger partial charge in [0.15, 0.2) is 5.82 Å². The number of rotatable bonds is 5. The number of nitrogen functional groups attached to an aromatic ring is 1. The summed E-state index contributed by atoms with van der Waals surface area (Å²) in [6.07, 6.45) is 5.01. The van der Waals surface area contributed by atoms with Crippen molar-refractivity contribution in [3.8, 4) is 0 Å². The Hall–Kier alpha value is -1.84. The summed E-state index contributed by atoms with van der Waals surface area (Å²) in [6.45, 7) is 2.97. The Morgan fingerprint density at radius 1 is 1.37 bits per heavy atom. The molecule has 0 aliphatic rings. The minimum absolute atomic E-state index is 0.303. The molecule has 0 fully saturated rings. The second-order valence-electron chi connectivity index (χ2n) is 4.82. The molecule has 0 bridgehead atoms. The molecule has 0 atom stereocenters. The molecule has 0 saturated carbocycles. The molecule has 1 aromatic heterocycles. The highest BCUT2D eigenvalue weighted by atomic mass is 19.1. The Morgan fingerprint density at radius 3 is 2.89 bits per heavy atom. The van der Waals surface area contributed by atoms with E-state index in [1.54, 1.807) is 6.20 Å². The van der Waals surface area contributed by atoms with Gasteiger partial charge in [0.2, 0.25) is 0 Å². The molecule has 0 aliphatic heterocycles. The first-order valence-electron chi connectivity index (χ1n) is 6.69. The first-order chi connectivity index (χ1) is 9.15. The molecular weight excluding hydrogens is 241 g/mol. The van der Waals surface area contributed by atoms with Crippen LogP contribution in [0, 0.1) is 5.82 Å². The predicted molar refractivity (Wildman–Crippen MR) is 78.9 cm³/mol. The van der Waals surface area contributed by atoms with Crippen molar-refractivity contribution < 1.29 is 4.39 Å². The summed E-state index contributed by atoms with van der Waals surface area (Å²) in [5.74, 6) is -0.303. The van der Waals surface area contributed by atoms with Crippen LogP contribution in [0.15, 0.2) is 24.4 Å². The summed E-state index contributed by atoms with van der Waals surface area (Å²) in [4.78, 5) is 6.22. The van der Waals surface area contributed by atoms with E-state index in [1.165, 1.54) is 6.07 Å². The standard InChI is InChI=1S/C15H20FN3/c1-3-4-5-9-19(2)15-12(16)10-13(17)11-7-6-8-18-14(11)15/h6-8,10H,3-5,9,17H2,1-2H3. The van der Waals surface area contributed by atoms with Gasteiger partial charge in [0.05, 0.1) is 11.2 Å². The number of aromatic nitrogens is 1. The molecule has 19 heavy (non-hydrogen) atoms. The van der Waals surface area contributed by atoms with Gasteiger partial charge in [-0.05, 0) is 24.6 Å². The second kappa shape index (κ2) is 5.87. The molecule has 1 aromatic carbocycles. The number of halogens is 1. The number of unbranched alkanes of at least 4 members (excludes halogenated alkanes) is 2. The Bertz CT molecular complexity index is 569. The molecule has 0 radical (unpaired) electrons. The molecule has 4 heteroatoms. The first-order valence-corrected chi connectivity index (χ1v) is 6.69. The number of fused-ring (bicyclic) bond motifs is 1. The first kappa shape index (κ1) is 13.6. The zero-order chi connectivity index (χ0) is 13.8. The fraction of sp³-hybridized carbons (Fsp3) is 0.400. The van der Waals surface area contributed by atoms with Crippen molar-refractivity contribution in [2.45, 2.75) is 26.2 Å². The number of pyridine rings is 1. The van der Waals surface area contributed by atoms with E-state index in [-0.39, 0.29) is 5.82 Å². The Labute approximate surface area is 113 Å². The van der Waals surface area contributed by atoms with Crippen LogP contribution in [0.1, 0.15) is 26.2 Å². The zero-order valence-electron chi connectivity index (χ0n) is 11.5. The topological polar surface area (TPSA) is 42.1 Å². The lowest BCUT2D eigenvalue weighted by Gasteiger charge is -2.21. The van der Waals surface area contributed by atoms with Crippen LogP contribution in [0.25, 0.3) is 10.9 Å². The van der Waals surface area contributed by atoms with Crippen LogP contribution in [0.4, 0.5) is 15.8 Å². The monoisotopic (exact) mass is 261 g/mol. The number of nitrogens with zero attached hydrogens (tertiary/aromatic N) is 2. The van der Waals surface area contributed by atoms with Crippen molar-refractivity contribution in [1.29, 1.82) is 0 Å². The van der Waals surface area contributed by atoms with Crippen molar-refractivity contribution >= 4 is 22.3 Å². The van der Waals surface area contributed by atoms with E-state index in [0.29, 0.717) is 16.9 Å². The lowest BCUT2D eigenvalue weighted by molar-refractivity contribution is 0.619. The highest BCUT2D eigenvalue weighted by Crippen LogP contribution is 2.31. The van der Waals surface area contributed by atoms with E-state index >= 15 is 0 Å². The van der Waals surface area contributed by atoms with Gasteiger partial charge >= 0.3 is 0 Å². The van der Waals surface area contributed by atoms with E-state index in [0.717, 1.165) is 31.2 Å². The van der Waals surface area contributed by atoms with Crippen molar-refractivity contribution in [3.05, 3.63) is 30.2 Å². The Balaban J connectivity index is 2.41. The van der Waals surface area contributed by atoms with Gasteiger partial charge in [0, 0.05) is 30.9 Å². The minimum Gasteiger partial charge on any atom is -0.398 e. The molecule has 0 aliphatic carbocycles. The van der Waals surface area contributed by atoms with Crippen LogP contribution in [-0.4, -0.2) is 18.6 Å². The van der Waals surface area contributed by atoms with Crippen molar-refractivity contribution in [3.63, 3.8) is 0 Å². The van der Waals surface area contributed by atoms with Crippen LogP contribution in [0.3, 0.4) is 0 Å². The SMILES string of the molecule is CCCCCN(C)c1c(F)cc(N)c2cccnc12. The highest BCUT2D eigenvalue weighted by Gasteiger charge is 2.15. The third-order valence-corrected chi connectivity index (χ3v) is 3.33. The lowest BCUT2D eigenvalue weighted by atomic mass is 10.1. The third kappa shape index (κ3) is 2.78. The number of hydrogen-bond donors (Lipinski definition) is 1. The van der Waals surface area contributed by atoms with Crippen molar-refractivity contribution in [2.24, 2.45) is 0 Å². The van der Waals surface area contributed by atoms with Gasteiger partial charge in [0.25, 0.3) is 0 Å². The van der Waals surface area contributed by atoms with Crippen molar-refractivity contribution in [2.75, 3.05) is 24.2 Å². The molecule has 0 amide bonds. The fourth-order valence-electron chi connectivity index (χ4n) is 2.30. The van der Waals surface area contributed by atoms with Crippen LogP contribution in [0.2, 0.25) is 0 Å². The van der Waals surface area contributed by atoms with Gasteiger partial charge in [-0.15, -0.1) is 0 Å². The van der Waals surface area contributed by atoms with Crippen LogP contribution in [0.5, 0.6) is 0 Å². The largest absolute Gasteiger partial charge is 0.398 e. The number of anilines is 2. The molecule has 0 spiro atoms. The van der Waals surface area contributed by atoms with Gasteiger partial charge in [-0.1, -0.05) is 19.8 Å². The molecule has 2 rings (SSSR count). The average Bonchev–Trinajstić information content (AvgIpc) is 2.39. The summed E-state index contributed by atoms with van der Waals surface area (Å²) in [5, 5.41) is 0.807. The lowest BCUT2D eigenvalue weighted by Crippen LogP contribution is -2.20. The predicted octanol–water partition coefficient (Wildman–Crippen LogP) is 3.58. The van der Waals surface area contributed by atoms with Gasteiger partial charge < -0.3 is 10.6 Å². The normalized spacial score (nSPS) is 10.9. The summed E-state index contributed by atoms with van der Waals surface area (Å²) < 4.78 is 14.2. The molecule has 0 unspecified atom stereocenters. The maximum absolute atomic E-state index is 14.2. The Morgan fingerprint density at radius 2 is 2.16 bits per heavy atom. The van der Waals surface area contributed by atoms with E-state index < -0.39 is 0 Å². The molecule has 2 aromatic rings. The molecule has 2 N–H and O–H groups in total. The molecule has 1 heterocycles. The number of nitrogens with two attached hydrogens (primary N) is 1. The summed E-state index contributed by atoms with van der Waals surface area (Å²) >= 11 is 0. The van der Waals surface area contributed by atoms with E-state index in [4.69, 9.17) is 5.73 Å².